The van der Waals surface area contributed by atoms with Gasteiger partial charge in [-0.2, -0.15) is 0 Å². The van der Waals surface area contributed by atoms with Gasteiger partial charge in [0.2, 0.25) is 0 Å². The fraction of sp³-hybridized carbons (Fsp3) is 0.474. The first-order valence-corrected chi connectivity index (χ1v) is 11.6. The molecule has 0 spiro atoms. The van der Waals surface area contributed by atoms with Gasteiger partial charge in [0.25, 0.3) is 0 Å². The normalized spacial score (nSPS) is 13.4. The molecule has 0 unspecified atom stereocenters. The van der Waals surface area contributed by atoms with Crippen LogP contribution < -0.4 is 16.0 Å². The van der Waals surface area contributed by atoms with Crippen LogP contribution in [-0.4, -0.2) is 24.6 Å². The molecule has 2 aromatic heterocycles. The largest absolute Gasteiger partial charge is 0.459 e. The van der Waals surface area contributed by atoms with E-state index in [0.717, 1.165) is 39.3 Å². The first-order valence-electron chi connectivity index (χ1n) is 9.13. The fourth-order valence-electron chi connectivity index (χ4n) is 3.09. The number of fused-ring (bicyclic) bond motifs is 1. The van der Waals surface area contributed by atoms with Crippen LogP contribution in [0.15, 0.2) is 3.79 Å². The van der Waals surface area contributed by atoms with E-state index in [9.17, 15) is 9.59 Å². The van der Waals surface area contributed by atoms with E-state index >= 15 is 0 Å². The Kier molecular flexibility index (Phi) is 6.80. The molecule has 0 aliphatic carbocycles. The van der Waals surface area contributed by atoms with E-state index in [-0.39, 0.29) is 12.1 Å². The summed E-state index contributed by atoms with van der Waals surface area (Å²) in [5.41, 5.74) is 3.73. The molecule has 3 N–H and O–H groups in total. The van der Waals surface area contributed by atoms with E-state index < -0.39 is 5.97 Å². The number of aryl methyl sites for hydroxylation is 1. The predicted molar refractivity (Wildman–Crippen MR) is 118 cm³/mol. The van der Waals surface area contributed by atoms with Crippen molar-refractivity contribution in [2.45, 2.75) is 53.3 Å². The number of urea groups is 1. The molecule has 0 aromatic carbocycles. The smallest absolute Gasteiger partial charge is 0.341 e. The van der Waals surface area contributed by atoms with E-state index in [1.54, 1.807) is 25.2 Å². The average molecular weight is 486 g/mol. The van der Waals surface area contributed by atoms with Crippen molar-refractivity contribution in [1.29, 1.82) is 0 Å². The van der Waals surface area contributed by atoms with Crippen molar-refractivity contribution < 1.29 is 14.3 Å². The van der Waals surface area contributed by atoms with Crippen LogP contribution in [0.1, 0.15) is 50.7 Å². The molecule has 28 heavy (non-hydrogen) atoms. The molecule has 2 amide bonds. The van der Waals surface area contributed by atoms with Crippen molar-refractivity contribution in [3.8, 4) is 0 Å². The Morgan fingerprint density at radius 1 is 1.29 bits per heavy atom. The Balaban J connectivity index is 1.70. The van der Waals surface area contributed by atoms with Crippen molar-refractivity contribution in [3.63, 3.8) is 0 Å². The predicted octanol–water partition coefficient (Wildman–Crippen LogP) is 4.72. The zero-order valence-electron chi connectivity index (χ0n) is 16.3. The molecule has 0 atom stereocenters. The van der Waals surface area contributed by atoms with E-state index in [4.69, 9.17) is 4.74 Å². The van der Waals surface area contributed by atoms with Gasteiger partial charge in [0.05, 0.1) is 15.5 Å². The molecule has 2 aromatic rings. The van der Waals surface area contributed by atoms with Crippen molar-refractivity contribution in [2.75, 3.05) is 11.9 Å². The Morgan fingerprint density at radius 2 is 2.04 bits per heavy atom. The summed E-state index contributed by atoms with van der Waals surface area (Å²) in [6.07, 6.45) is 0.746. The van der Waals surface area contributed by atoms with E-state index in [1.807, 2.05) is 13.8 Å². The lowest BCUT2D eigenvalue weighted by Crippen LogP contribution is -2.30. The Morgan fingerprint density at radius 3 is 2.75 bits per heavy atom. The summed E-state index contributed by atoms with van der Waals surface area (Å²) in [7, 11) is 0. The summed E-state index contributed by atoms with van der Waals surface area (Å²) in [4.78, 5) is 27.3. The summed E-state index contributed by atoms with van der Waals surface area (Å²) in [5.74, 6) is -0.408. The average Bonchev–Trinajstić information content (AvgIpc) is 3.08. The van der Waals surface area contributed by atoms with Crippen LogP contribution in [0, 0.1) is 13.8 Å². The van der Waals surface area contributed by atoms with Crippen molar-refractivity contribution in [1.82, 2.24) is 10.6 Å². The zero-order chi connectivity index (χ0) is 20.4. The van der Waals surface area contributed by atoms with Gasteiger partial charge >= 0.3 is 12.0 Å². The van der Waals surface area contributed by atoms with Gasteiger partial charge in [-0.25, -0.2) is 9.59 Å². The number of rotatable bonds is 5. The van der Waals surface area contributed by atoms with E-state index in [2.05, 4.69) is 31.9 Å². The number of esters is 1. The van der Waals surface area contributed by atoms with Crippen LogP contribution >= 0.6 is 38.6 Å². The number of nitrogens with one attached hydrogen (secondary N) is 3. The second kappa shape index (κ2) is 8.94. The molecule has 0 saturated heterocycles. The summed E-state index contributed by atoms with van der Waals surface area (Å²) in [5, 5.41) is 9.64. The first kappa shape index (κ1) is 21.3. The van der Waals surface area contributed by atoms with Gasteiger partial charge in [0, 0.05) is 22.8 Å². The zero-order valence-corrected chi connectivity index (χ0v) is 19.5. The van der Waals surface area contributed by atoms with Gasteiger partial charge in [0.1, 0.15) is 5.00 Å². The second-order valence-corrected chi connectivity index (χ2v) is 10.6. The lowest BCUT2D eigenvalue weighted by molar-refractivity contribution is 0.0379. The first-order chi connectivity index (χ1) is 13.3. The molecule has 0 bridgehead atoms. The van der Waals surface area contributed by atoms with Crippen LogP contribution in [0.5, 0.6) is 0 Å². The number of hydrogen-bond donors (Lipinski definition) is 3. The van der Waals surface area contributed by atoms with Crippen LogP contribution in [0.4, 0.5) is 9.80 Å². The highest BCUT2D eigenvalue weighted by atomic mass is 79.9. The summed E-state index contributed by atoms with van der Waals surface area (Å²) in [6.45, 7) is 9.67. The number of ether oxygens (including phenoxy) is 1. The van der Waals surface area contributed by atoms with Crippen molar-refractivity contribution >= 4 is 55.6 Å². The maximum atomic E-state index is 12.5. The molecule has 6 nitrogen and oxygen atoms in total. The quantitative estimate of drug-likeness (QED) is 0.535. The Labute approximate surface area is 181 Å². The SMILES string of the molecule is Cc1sc(NC(=O)NCc2c(Br)sc3c2CCNC3)c(C(=O)OC(C)C)c1C. The summed E-state index contributed by atoms with van der Waals surface area (Å²) < 4.78 is 6.40. The number of anilines is 1. The molecule has 9 heteroatoms. The van der Waals surface area contributed by atoms with E-state index in [0.29, 0.717) is 17.1 Å². The minimum atomic E-state index is -0.408. The molecule has 1 aliphatic heterocycles. The molecular weight excluding hydrogens is 462 g/mol. The highest BCUT2D eigenvalue weighted by Gasteiger charge is 2.24. The second-order valence-electron chi connectivity index (χ2n) is 6.93. The maximum Gasteiger partial charge on any atom is 0.341 e. The molecule has 0 saturated carbocycles. The van der Waals surface area contributed by atoms with Crippen LogP contribution in [0.3, 0.4) is 0 Å². The van der Waals surface area contributed by atoms with Crippen molar-refractivity contribution in [3.05, 3.63) is 35.8 Å². The summed E-state index contributed by atoms with van der Waals surface area (Å²) in [6, 6.07) is -0.333. The molecule has 0 radical (unpaired) electrons. The highest BCUT2D eigenvalue weighted by Crippen LogP contribution is 2.35. The van der Waals surface area contributed by atoms with Gasteiger partial charge < -0.3 is 15.4 Å². The van der Waals surface area contributed by atoms with Gasteiger partial charge in [-0.05, 0) is 73.3 Å². The third-order valence-corrected chi connectivity index (χ3v) is 7.72. The highest BCUT2D eigenvalue weighted by molar-refractivity contribution is 9.11. The van der Waals surface area contributed by atoms with Crippen LogP contribution in [-0.2, 0) is 24.2 Å². The molecule has 3 rings (SSSR count). The topological polar surface area (TPSA) is 79.5 Å². The lowest BCUT2D eigenvalue weighted by atomic mass is 10.0. The van der Waals surface area contributed by atoms with Gasteiger partial charge in [-0.1, -0.05) is 0 Å². The monoisotopic (exact) mass is 485 g/mol. The van der Waals surface area contributed by atoms with Crippen LogP contribution in [0.25, 0.3) is 0 Å². The number of thiophene rings is 2. The molecule has 0 fully saturated rings. The molecule has 152 valence electrons. The van der Waals surface area contributed by atoms with Gasteiger partial charge in [0.15, 0.2) is 0 Å². The molecule has 1 aliphatic rings. The minimum Gasteiger partial charge on any atom is -0.459 e. The Bertz CT molecular complexity index is 905. The van der Waals surface area contributed by atoms with E-state index in [1.165, 1.54) is 21.8 Å². The molecule has 3 heterocycles. The standard InChI is InChI=1S/C19H24BrN3O3S2/c1-9(2)26-18(24)15-10(3)11(4)27-17(15)23-19(25)22-7-13-12-5-6-21-8-14(12)28-16(13)20/h9,21H,5-8H2,1-4H3,(H2,22,23,25). The third-order valence-electron chi connectivity index (χ3n) is 4.57. The van der Waals surface area contributed by atoms with Crippen molar-refractivity contribution in [2.24, 2.45) is 0 Å². The maximum absolute atomic E-state index is 12.5. The number of halogens is 1. The van der Waals surface area contributed by atoms with Gasteiger partial charge in [-0.15, -0.1) is 22.7 Å². The Hall–Kier alpha value is -1.42. The lowest BCUT2D eigenvalue weighted by Gasteiger charge is -2.15. The number of carbonyl (C=O) groups excluding carboxylic acids is 2. The fourth-order valence-corrected chi connectivity index (χ4v) is 6.16. The number of carbonyl (C=O) groups is 2. The minimum absolute atomic E-state index is 0.217. The van der Waals surface area contributed by atoms with Gasteiger partial charge in [-0.3, -0.25) is 5.32 Å². The summed E-state index contributed by atoms with van der Waals surface area (Å²) >= 11 is 6.72. The van der Waals surface area contributed by atoms with Crippen LogP contribution in [0.2, 0.25) is 0 Å². The number of hydrogen-bond acceptors (Lipinski definition) is 6. The molecular formula is C19H24BrN3O3S2. The number of amides is 2. The third kappa shape index (κ3) is 4.59.